The lowest BCUT2D eigenvalue weighted by atomic mass is 10.2. The largest absolute Gasteiger partial charge is 0.481 e. The normalized spacial score (nSPS) is 10.0. The maximum Gasteiger partial charge on any atom is 0.319 e. The van der Waals surface area contributed by atoms with Gasteiger partial charge in [0, 0.05) is 13.0 Å². The first-order valence-electron chi connectivity index (χ1n) is 5.71. The van der Waals surface area contributed by atoms with Crippen LogP contribution in [0.15, 0.2) is 18.2 Å². The van der Waals surface area contributed by atoms with Gasteiger partial charge in [-0.2, -0.15) is 0 Å². The van der Waals surface area contributed by atoms with Gasteiger partial charge in [0.2, 0.25) is 0 Å². The number of amides is 2. The summed E-state index contributed by atoms with van der Waals surface area (Å²) >= 11 is 11.7. The number of hydrogen-bond donors (Lipinski definition) is 3. The van der Waals surface area contributed by atoms with Crippen molar-refractivity contribution >= 4 is 40.9 Å². The van der Waals surface area contributed by atoms with Gasteiger partial charge in [-0.3, -0.25) is 4.79 Å². The molecule has 0 aromatic heterocycles. The van der Waals surface area contributed by atoms with Crippen molar-refractivity contribution in [3.63, 3.8) is 0 Å². The Morgan fingerprint density at radius 2 is 1.95 bits per heavy atom. The van der Waals surface area contributed by atoms with Gasteiger partial charge in [0.25, 0.3) is 0 Å². The Kier molecular flexibility index (Phi) is 6.45. The van der Waals surface area contributed by atoms with E-state index in [1.807, 2.05) is 0 Å². The first kappa shape index (κ1) is 15.6. The highest BCUT2D eigenvalue weighted by molar-refractivity contribution is 6.43. The zero-order valence-electron chi connectivity index (χ0n) is 10.1. The third-order valence-corrected chi connectivity index (χ3v) is 3.12. The van der Waals surface area contributed by atoms with E-state index in [2.05, 4.69) is 10.6 Å². The molecule has 0 aliphatic heterocycles. The molecule has 0 heterocycles. The SMILES string of the molecule is O=C(O)CCCCNC(=O)Nc1cccc(Cl)c1Cl. The second-order valence-corrected chi connectivity index (χ2v) is 4.62. The molecule has 19 heavy (non-hydrogen) atoms. The number of carbonyl (C=O) groups excluding carboxylic acids is 1. The van der Waals surface area contributed by atoms with E-state index in [4.69, 9.17) is 28.3 Å². The Bertz CT molecular complexity index is 466. The van der Waals surface area contributed by atoms with Crippen molar-refractivity contribution in [3.8, 4) is 0 Å². The molecule has 3 N–H and O–H groups in total. The predicted molar refractivity (Wildman–Crippen MR) is 75.0 cm³/mol. The van der Waals surface area contributed by atoms with Crippen molar-refractivity contribution in [2.75, 3.05) is 11.9 Å². The van der Waals surface area contributed by atoms with Crippen LogP contribution in [0.25, 0.3) is 0 Å². The van der Waals surface area contributed by atoms with Crippen LogP contribution in [0, 0.1) is 0 Å². The summed E-state index contributed by atoms with van der Waals surface area (Å²) in [6.45, 7) is 0.400. The second kappa shape index (κ2) is 7.86. The van der Waals surface area contributed by atoms with Gasteiger partial charge in [-0.05, 0) is 25.0 Å². The highest BCUT2D eigenvalue weighted by atomic mass is 35.5. The van der Waals surface area contributed by atoms with Gasteiger partial charge in [0.1, 0.15) is 0 Å². The number of carboxylic acids is 1. The van der Waals surface area contributed by atoms with Gasteiger partial charge in [-0.25, -0.2) is 4.79 Å². The molecular weight excluding hydrogens is 291 g/mol. The Hall–Kier alpha value is -1.46. The van der Waals surface area contributed by atoms with Crippen LogP contribution in [-0.4, -0.2) is 23.7 Å². The van der Waals surface area contributed by atoms with Crippen LogP contribution in [-0.2, 0) is 4.79 Å². The average Bonchev–Trinajstić information content (AvgIpc) is 2.34. The number of hydrogen-bond acceptors (Lipinski definition) is 2. The molecule has 0 fully saturated rings. The number of unbranched alkanes of at least 4 members (excludes halogenated alkanes) is 1. The lowest BCUT2D eigenvalue weighted by Crippen LogP contribution is -2.29. The molecule has 1 aromatic rings. The Morgan fingerprint density at radius 1 is 1.21 bits per heavy atom. The maximum atomic E-state index is 11.5. The minimum Gasteiger partial charge on any atom is -0.481 e. The summed E-state index contributed by atoms with van der Waals surface area (Å²) in [7, 11) is 0. The van der Waals surface area contributed by atoms with Crippen LogP contribution in [0.1, 0.15) is 19.3 Å². The Balaban J connectivity index is 2.31. The van der Waals surface area contributed by atoms with Crippen LogP contribution < -0.4 is 10.6 Å². The third kappa shape index (κ3) is 5.81. The maximum absolute atomic E-state index is 11.5. The number of urea groups is 1. The van der Waals surface area contributed by atoms with E-state index in [1.165, 1.54) is 0 Å². The molecule has 5 nitrogen and oxygen atoms in total. The molecule has 0 saturated heterocycles. The number of benzene rings is 1. The topological polar surface area (TPSA) is 78.4 Å². The highest BCUT2D eigenvalue weighted by Crippen LogP contribution is 2.29. The lowest BCUT2D eigenvalue weighted by molar-refractivity contribution is -0.137. The molecule has 0 unspecified atom stereocenters. The van der Waals surface area contributed by atoms with Gasteiger partial charge in [0.15, 0.2) is 0 Å². The summed E-state index contributed by atoms with van der Waals surface area (Å²) in [5.41, 5.74) is 0.428. The van der Waals surface area contributed by atoms with Gasteiger partial charge in [-0.1, -0.05) is 29.3 Å². The van der Waals surface area contributed by atoms with E-state index < -0.39 is 12.0 Å². The van der Waals surface area contributed by atoms with E-state index in [-0.39, 0.29) is 11.4 Å². The Labute approximate surface area is 120 Å². The molecule has 104 valence electrons. The fourth-order valence-corrected chi connectivity index (χ4v) is 1.72. The molecule has 0 spiro atoms. The van der Waals surface area contributed by atoms with Crippen LogP contribution in [0.2, 0.25) is 10.0 Å². The van der Waals surface area contributed by atoms with E-state index in [0.717, 1.165) is 0 Å². The molecular formula is C12H14Cl2N2O3. The van der Waals surface area contributed by atoms with Crippen molar-refractivity contribution in [2.45, 2.75) is 19.3 Å². The van der Waals surface area contributed by atoms with Crippen molar-refractivity contribution in [2.24, 2.45) is 0 Å². The molecule has 0 radical (unpaired) electrons. The summed E-state index contributed by atoms with van der Waals surface area (Å²) < 4.78 is 0. The van der Waals surface area contributed by atoms with E-state index in [0.29, 0.717) is 30.1 Å². The lowest BCUT2D eigenvalue weighted by Gasteiger charge is -2.09. The Morgan fingerprint density at radius 3 is 2.63 bits per heavy atom. The van der Waals surface area contributed by atoms with Crippen molar-refractivity contribution < 1.29 is 14.7 Å². The third-order valence-electron chi connectivity index (χ3n) is 2.30. The number of nitrogens with one attached hydrogen (secondary N) is 2. The molecule has 0 atom stereocenters. The number of carbonyl (C=O) groups is 2. The minimum absolute atomic E-state index is 0.101. The molecule has 1 rings (SSSR count). The molecule has 7 heteroatoms. The zero-order chi connectivity index (χ0) is 14.3. The van der Waals surface area contributed by atoms with Gasteiger partial charge in [-0.15, -0.1) is 0 Å². The zero-order valence-corrected chi connectivity index (χ0v) is 11.6. The number of anilines is 1. The van der Waals surface area contributed by atoms with Crippen LogP contribution in [0.4, 0.5) is 10.5 Å². The quantitative estimate of drug-likeness (QED) is 0.705. The average molecular weight is 305 g/mol. The molecule has 2 amide bonds. The van der Waals surface area contributed by atoms with Gasteiger partial charge in [0.05, 0.1) is 15.7 Å². The number of aliphatic carboxylic acids is 1. The van der Waals surface area contributed by atoms with Crippen LogP contribution in [0.5, 0.6) is 0 Å². The minimum atomic E-state index is -0.838. The monoisotopic (exact) mass is 304 g/mol. The number of halogens is 2. The van der Waals surface area contributed by atoms with Gasteiger partial charge < -0.3 is 15.7 Å². The molecule has 0 saturated carbocycles. The summed E-state index contributed by atoms with van der Waals surface area (Å²) in [4.78, 5) is 21.8. The predicted octanol–water partition coefficient (Wildman–Crippen LogP) is 3.37. The highest BCUT2D eigenvalue weighted by Gasteiger charge is 2.07. The van der Waals surface area contributed by atoms with Crippen molar-refractivity contribution in [3.05, 3.63) is 28.2 Å². The molecule has 0 aliphatic carbocycles. The second-order valence-electron chi connectivity index (χ2n) is 3.83. The number of carboxylic acid groups (broad SMARTS) is 1. The van der Waals surface area contributed by atoms with E-state index in [9.17, 15) is 9.59 Å². The fourth-order valence-electron chi connectivity index (χ4n) is 1.37. The fraction of sp³-hybridized carbons (Fsp3) is 0.333. The van der Waals surface area contributed by atoms with Crippen LogP contribution >= 0.6 is 23.2 Å². The summed E-state index contributed by atoms with van der Waals surface area (Å²) in [5.74, 6) is -0.838. The smallest absolute Gasteiger partial charge is 0.319 e. The van der Waals surface area contributed by atoms with E-state index >= 15 is 0 Å². The number of rotatable bonds is 6. The first-order valence-corrected chi connectivity index (χ1v) is 6.47. The molecule has 0 bridgehead atoms. The van der Waals surface area contributed by atoms with Gasteiger partial charge >= 0.3 is 12.0 Å². The standard InChI is InChI=1S/C12H14Cl2N2O3/c13-8-4-3-5-9(11(8)14)16-12(19)15-7-2-1-6-10(17)18/h3-5H,1-2,6-7H2,(H,17,18)(H2,15,16,19). The van der Waals surface area contributed by atoms with Crippen LogP contribution in [0.3, 0.4) is 0 Å². The van der Waals surface area contributed by atoms with E-state index in [1.54, 1.807) is 18.2 Å². The summed E-state index contributed by atoms with van der Waals surface area (Å²) in [5, 5.41) is 14.3. The summed E-state index contributed by atoms with van der Waals surface area (Å²) in [6.07, 6.45) is 1.22. The molecule has 0 aliphatic rings. The van der Waals surface area contributed by atoms with Crippen molar-refractivity contribution in [1.29, 1.82) is 0 Å². The first-order chi connectivity index (χ1) is 9.00. The summed E-state index contributed by atoms with van der Waals surface area (Å²) in [6, 6.07) is 4.54. The van der Waals surface area contributed by atoms with Crippen molar-refractivity contribution in [1.82, 2.24) is 5.32 Å². The molecule has 1 aromatic carbocycles.